The third-order valence-electron chi connectivity index (χ3n) is 2.94. The molecule has 0 bridgehead atoms. The molecule has 0 aromatic carbocycles. The summed E-state index contributed by atoms with van der Waals surface area (Å²) < 4.78 is 33.4. The van der Waals surface area contributed by atoms with Crippen LogP contribution in [0, 0.1) is 0 Å². The molecule has 1 saturated heterocycles. The first kappa shape index (κ1) is 18.5. The molecule has 0 aromatic rings. The van der Waals surface area contributed by atoms with Gasteiger partial charge in [0.2, 0.25) is 0 Å². The van der Waals surface area contributed by atoms with Crippen LogP contribution in [-0.4, -0.2) is 67.3 Å². The highest BCUT2D eigenvalue weighted by atomic mass is 28.5. The monoisotopic (exact) mass is 340 g/mol. The molecule has 1 fully saturated rings. The molecule has 2 atom stereocenters. The van der Waals surface area contributed by atoms with Gasteiger partial charge in [0.25, 0.3) is 18.6 Å². The van der Waals surface area contributed by atoms with Crippen LogP contribution in [0.1, 0.15) is 6.42 Å². The quantitative estimate of drug-likeness (QED) is 0.435. The van der Waals surface area contributed by atoms with Crippen LogP contribution in [-0.2, 0) is 26.6 Å². The average molecular weight is 341 g/mol. The molecule has 1 rings (SSSR count). The lowest BCUT2D eigenvalue weighted by Crippen LogP contribution is -2.54. The van der Waals surface area contributed by atoms with Crippen LogP contribution >= 0.6 is 0 Å². The van der Waals surface area contributed by atoms with Crippen molar-refractivity contribution in [1.29, 1.82) is 0 Å². The molecule has 0 radical (unpaired) electrons. The second-order valence-corrected chi connectivity index (χ2v) is 13.0. The molecule has 0 N–H and O–H groups in total. The van der Waals surface area contributed by atoms with Gasteiger partial charge in [-0.3, -0.25) is 0 Å². The molecule has 0 spiro atoms. The van der Waals surface area contributed by atoms with E-state index in [1.54, 1.807) is 7.11 Å². The van der Waals surface area contributed by atoms with E-state index in [2.05, 4.69) is 19.6 Å². The summed E-state index contributed by atoms with van der Waals surface area (Å²) >= 11 is 0. The van der Waals surface area contributed by atoms with Crippen LogP contribution in [0.4, 0.5) is 0 Å². The van der Waals surface area contributed by atoms with Crippen molar-refractivity contribution in [2.24, 2.45) is 0 Å². The van der Waals surface area contributed by atoms with Crippen LogP contribution in [0.25, 0.3) is 0 Å². The van der Waals surface area contributed by atoms with Crippen LogP contribution < -0.4 is 0 Å². The molecule has 6 nitrogen and oxygen atoms in total. The molecule has 20 heavy (non-hydrogen) atoms. The van der Waals surface area contributed by atoms with Crippen molar-refractivity contribution < 1.29 is 26.6 Å². The fourth-order valence-electron chi connectivity index (χ4n) is 2.13. The topological polar surface area (TPSA) is 55.4 Å². The zero-order valence-electron chi connectivity index (χ0n) is 13.1. The van der Waals surface area contributed by atoms with E-state index in [4.69, 9.17) is 26.6 Å². The SMILES string of the molecule is COCCOCCOCCC[Si]1(C)O[SiH](C)O[SiH](C)O1. The summed E-state index contributed by atoms with van der Waals surface area (Å²) in [4.78, 5) is 0. The predicted octanol–water partition coefficient (Wildman–Crippen LogP) is 0.892. The van der Waals surface area contributed by atoms with Gasteiger partial charge in [0, 0.05) is 13.7 Å². The van der Waals surface area contributed by atoms with Crippen LogP contribution in [0.5, 0.6) is 0 Å². The van der Waals surface area contributed by atoms with Crippen LogP contribution in [0.3, 0.4) is 0 Å². The van der Waals surface area contributed by atoms with Crippen molar-refractivity contribution in [3.63, 3.8) is 0 Å². The van der Waals surface area contributed by atoms with Gasteiger partial charge in [-0.1, -0.05) is 0 Å². The van der Waals surface area contributed by atoms with Gasteiger partial charge < -0.3 is 26.6 Å². The van der Waals surface area contributed by atoms with Gasteiger partial charge in [0.05, 0.1) is 26.4 Å². The van der Waals surface area contributed by atoms with Gasteiger partial charge in [0.1, 0.15) is 0 Å². The van der Waals surface area contributed by atoms with Gasteiger partial charge in [-0.15, -0.1) is 0 Å². The Hall–Kier alpha value is 0.411. The molecular formula is C11H28O6Si3. The fraction of sp³-hybridized carbons (Fsp3) is 1.00. The summed E-state index contributed by atoms with van der Waals surface area (Å²) in [5, 5.41) is 0. The molecule has 9 heteroatoms. The number of hydrogen-bond donors (Lipinski definition) is 0. The summed E-state index contributed by atoms with van der Waals surface area (Å²) in [6.07, 6.45) is 0.975. The maximum Gasteiger partial charge on any atom is 0.317 e. The number of hydrogen-bond acceptors (Lipinski definition) is 6. The molecular weight excluding hydrogens is 312 g/mol. The van der Waals surface area contributed by atoms with E-state index >= 15 is 0 Å². The van der Waals surface area contributed by atoms with E-state index in [0.29, 0.717) is 26.4 Å². The first-order valence-electron chi connectivity index (χ1n) is 7.21. The Kier molecular flexibility index (Phi) is 9.40. The third-order valence-corrected chi connectivity index (χ3v) is 13.9. The van der Waals surface area contributed by atoms with E-state index in [9.17, 15) is 0 Å². The number of methoxy groups -OCH3 is 1. The lowest BCUT2D eigenvalue weighted by molar-refractivity contribution is 0.0247. The van der Waals surface area contributed by atoms with Crippen LogP contribution in [0.15, 0.2) is 0 Å². The van der Waals surface area contributed by atoms with Gasteiger partial charge in [-0.25, -0.2) is 0 Å². The first-order valence-corrected chi connectivity index (χ1v) is 13.9. The Balaban J connectivity index is 2.00. The van der Waals surface area contributed by atoms with Gasteiger partial charge in [-0.05, 0) is 32.1 Å². The van der Waals surface area contributed by atoms with Crippen molar-refractivity contribution in [2.45, 2.75) is 32.1 Å². The largest absolute Gasteiger partial charge is 0.420 e. The molecule has 0 aliphatic carbocycles. The van der Waals surface area contributed by atoms with Crippen LogP contribution in [0.2, 0.25) is 25.7 Å². The van der Waals surface area contributed by atoms with Gasteiger partial charge in [-0.2, -0.15) is 0 Å². The van der Waals surface area contributed by atoms with E-state index in [1.807, 2.05) is 0 Å². The van der Waals surface area contributed by atoms with Crippen molar-refractivity contribution in [1.82, 2.24) is 0 Å². The van der Waals surface area contributed by atoms with Crippen molar-refractivity contribution in [2.75, 3.05) is 40.1 Å². The molecule has 120 valence electrons. The van der Waals surface area contributed by atoms with Crippen molar-refractivity contribution in [3.8, 4) is 0 Å². The molecule has 0 aromatic heterocycles. The summed E-state index contributed by atoms with van der Waals surface area (Å²) in [5.41, 5.74) is 0. The Morgan fingerprint density at radius 3 is 2.05 bits per heavy atom. The van der Waals surface area contributed by atoms with E-state index in [-0.39, 0.29) is 0 Å². The van der Waals surface area contributed by atoms with E-state index < -0.39 is 27.1 Å². The number of ether oxygens (including phenoxy) is 3. The van der Waals surface area contributed by atoms with E-state index in [0.717, 1.165) is 19.1 Å². The molecule has 1 aliphatic heterocycles. The zero-order chi connectivity index (χ0) is 14.8. The highest BCUT2D eigenvalue weighted by molar-refractivity contribution is 6.82. The second kappa shape index (κ2) is 10.2. The predicted molar refractivity (Wildman–Crippen MR) is 83.8 cm³/mol. The minimum Gasteiger partial charge on any atom is -0.420 e. The minimum absolute atomic E-state index is 0.618. The summed E-state index contributed by atoms with van der Waals surface area (Å²) in [6.45, 7) is 9.56. The van der Waals surface area contributed by atoms with Gasteiger partial charge >= 0.3 is 8.56 Å². The maximum atomic E-state index is 5.99. The Bertz CT molecular complexity index is 248. The molecule has 0 amide bonds. The second-order valence-electron chi connectivity index (χ2n) is 4.96. The Morgan fingerprint density at radius 2 is 1.45 bits per heavy atom. The smallest absolute Gasteiger partial charge is 0.317 e. The summed E-state index contributed by atoms with van der Waals surface area (Å²) in [6, 6.07) is 0.982. The van der Waals surface area contributed by atoms with Gasteiger partial charge in [0.15, 0.2) is 0 Å². The van der Waals surface area contributed by atoms with Crippen molar-refractivity contribution >= 4 is 27.1 Å². The molecule has 1 aliphatic rings. The standard InChI is InChI=1S/C11H28O6Si3/c1-12-7-8-14-10-9-13-6-5-11-20(4)16-18(2)15-19(3)17-20/h18-19H,5-11H2,1-4H3. The third kappa shape index (κ3) is 8.00. The lowest BCUT2D eigenvalue weighted by atomic mass is 10.5. The first-order chi connectivity index (χ1) is 9.56. The Morgan fingerprint density at radius 1 is 0.900 bits per heavy atom. The summed E-state index contributed by atoms with van der Waals surface area (Å²) in [5.74, 6) is 0. The normalized spacial score (nSPS) is 30.6. The lowest BCUT2D eigenvalue weighted by Gasteiger charge is -2.38. The molecule has 2 unspecified atom stereocenters. The highest BCUT2D eigenvalue weighted by Gasteiger charge is 2.40. The average Bonchev–Trinajstić information content (AvgIpc) is 2.35. The summed E-state index contributed by atoms with van der Waals surface area (Å²) in [7, 11) is -3.18. The molecule has 0 saturated carbocycles. The Labute approximate surface area is 126 Å². The minimum atomic E-state index is -1.98. The number of rotatable bonds is 10. The van der Waals surface area contributed by atoms with Crippen molar-refractivity contribution in [3.05, 3.63) is 0 Å². The molecule has 1 heterocycles. The van der Waals surface area contributed by atoms with E-state index in [1.165, 1.54) is 0 Å². The highest BCUT2D eigenvalue weighted by Crippen LogP contribution is 2.23. The fourth-order valence-corrected chi connectivity index (χ4v) is 13.8. The zero-order valence-corrected chi connectivity index (χ0v) is 16.4. The maximum absolute atomic E-state index is 5.99.